The number of benzene rings is 2. The van der Waals surface area contributed by atoms with Crippen molar-refractivity contribution in [1.82, 2.24) is 20.4 Å². The third kappa shape index (κ3) is 7.70. The molecule has 0 spiro atoms. The summed E-state index contributed by atoms with van der Waals surface area (Å²) in [7, 11) is 1.80. The van der Waals surface area contributed by atoms with Crippen LogP contribution in [0.5, 0.6) is 0 Å². The fourth-order valence-electron chi connectivity index (χ4n) is 4.68. The first-order valence-electron chi connectivity index (χ1n) is 12.3. The average Bonchev–Trinajstić information content (AvgIpc) is 3.26. The highest BCUT2D eigenvalue weighted by Crippen LogP contribution is 2.17. The van der Waals surface area contributed by atoms with Crippen molar-refractivity contribution in [3.05, 3.63) is 70.8 Å². The second kappa shape index (κ2) is 13.7. The molecule has 34 heavy (non-hydrogen) atoms. The summed E-state index contributed by atoms with van der Waals surface area (Å²) in [5, 5.41) is 6.85. The Hall–Kier alpha value is -2.13. The number of aliphatic imine (C=N–C) groups is 1. The maximum absolute atomic E-state index is 12.0. The summed E-state index contributed by atoms with van der Waals surface area (Å²) in [5.74, 6) is 1.04. The van der Waals surface area contributed by atoms with Gasteiger partial charge in [0.1, 0.15) is 0 Å². The Morgan fingerprint density at radius 1 is 0.824 bits per heavy atom. The summed E-state index contributed by atoms with van der Waals surface area (Å²) in [6.07, 6.45) is 5.68. The van der Waals surface area contributed by atoms with Gasteiger partial charge < -0.3 is 15.5 Å². The van der Waals surface area contributed by atoms with Gasteiger partial charge in [0.15, 0.2) is 5.96 Å². The molecule has 2 aromatic carbocycles. The van der Waals surface area contributed by atoms with Crippen LogP contribution in [0.1, 0.15) is 54.4 Å². The molecule has 184 valence electrons. The van der Waals surface area contributed by atoms with E-state index in [2.05, 4.69) is 56.9 Å². The number of amides is 1. The lowest BCUT2D eigenvalue weighted by Crippen LogP contribution is -2.36. The minimum Gasteiger partial charge on any atom is -0.352 e. The van der Waals surface area contributed by atoms with Crippen LogP contribution >= 0.6 is 24.0 Å². The Bertz CT molecular complexity index is 940. The third-order valence-electron chi connectivity index (χ3n) is 6.66. The normalized spacial score (nSPS) is 16.9. The molecule has 0 saturated carbocycles. The summed E-state index contributed by atoms with van der Waals surface area (Å²) in [6.45, 7) is 6.46. The van der Waals surface area contributed by atoms with Gasteiger partial charge in [0.25, 0.3) is 0 Å². The van der Waals surface area contributed by atoms with E-state index in [1.807, 2.05) is 17.0 Å². The Morgan fingerprint density at radius 2 is 1.50 bits per heavy atom. The van der Waals surface area contributed by atoms with Crippen molar-refractivity contribution in [2.75, 3.05) is 26.7 Å². The monoisotopic (exact) mass is 575 g/mol. The van der Waals surface area contributed by atoms with E-state index in [0.29, 0.717) is 19.5 Å². The standard InChI is InChI=1S/C27H37N5O.HI/c1-28-27(29-18-22-11-13-23(14-12-22)20-31-15-5-2-6-16-31)30-19-24-8-3-4-9-25(24)21-32-17-7-10-26(32)33;/h3-4,8-9,11-14H,2,5-7,10,15-21H2,1H3,(H2,28,29,30);1H. The molecule has 2 fully saturated rings. The molecule has 2 saturated heterocycles. The number of nitrogens with zero attached hydrogens (tertiary/aromatic N) is 3. The van der Waals surface area contributed by atoms with E-state index in [1.54, 1.807) is 7.05 Å². The number of carbonyl (C=O) groups is 1. The number of rotatable bonds is 8. The molecule has 6 nitrogen and oxygen atoms in total. The molecule has 4 rings (SSSR count). The van der Waals surface area contributed by atoms with E-state index in [4.69, 9.17) is 0 Å². The van der Waals surface area contributed by atoms with E-state index in [1.165, 1.54) is 54.6 Å². The summed E-state index contributed by atoms with van der Waals surface area (Å²) < 4.78 is 0. The largest absolute Gasteiger partial charge is 0.352 e. The first-order chi connectivity index (χ1) is 16.2. The van der Waals surface area contributed by atoms with Crippen molar-refractivity contribution in [3.63, 3.8) is 0 Å². The quantitative estimate of drug-likeness (QED) is 0.281. The zero-order valence-electron chi connectivity index (χ0n) is 20.3. The van der Waals surface area contributed by atoms with Crippen LogP contribution < -0.4 is 10.6 Å². The Balaban J connectivity index is 0.00000324. The first-order valence-corrected chi connectivity index (χ1v) is 12.3. The van der Waals surface area contributed by atoms with Crippen molar-refractivity contribution >= 4 is 35.8 Å². The second-order valence-corrected chi connectivity index (χ2v) is 9.12. The third-order valence-corrected chi connectivity index (χ3v) is 6.66. The molecule has 2 aliphatic rings. The SMILES string of the molecule is CN=C(NCc1ccc(CN2CCCCC2)cc1)NCc1ccccc1CN1CCCC1=O.I. The van der Waals surface area contributed by atoms with Crippen LogP contribution in [0.25, 0.3) is 0 Å². The zero-order chi connectivity index (χ0) is 22.9. The average molecular weight is 576 g/mol. The van der Waals surface area contributed by atoms with Crippen molar-refractivity contribution in [2.24, 2.45) is 4.99 Å². The van der Waals surface area contributed by atoms with Gasteiger partial charge in [0, 0.05) is 46.2 Å². The number of hydrogen-bond donors (Lipinski definition) is 2. The van der Waals surface area contributed by atoms with Gasteiger partial charge in [-0.15, -0.1) is 24.0 Å². The minimum atomic E-state index is 0. The summed E-state index contributed by atoms with van der Waals surface area (Å²) in [4.78, 5) is 20.9. The van der Waals surface area contributed by atoms with Gasteiger partial charge in [-0.2, -0.15) is 0 Å². The molecule has 2 aliphatic heterocycles. The van der Waals surface area contributed by atoms with Gasteiger partial charge in [0.05, 0.1) is 0 Å². The van der Waals surface area contributed by atoms with E-state index >= 15 is 0 Å². The Kier molecular flexibility index (Phi) is 10.7. The number of carbonyl (C=O) groups excluding carboxylic acids is 1. The lowest BCUT2D eigenvalue weighted by Gasteiger charge is -2.26. The highest BCUT2D eigenvalue weighted by Gasteiger charge is 2.20. The van der Waals surface area contributed by atoms with Crippen LogP contribution in [-0.2, 0) is 31.0 Å². The fourth-order valence-corrected chi connectivity index (χ4v) is 4.68. The predicted molar refractivity (Wildman–Crippen MR) is 149 cm³/mol. The molecule has 1 amide bonds. The molecule has 0 aromatic heterocycles. The van der Waals surface area contributed by atoms with E-state index < -0.39 is 0 Å². The zero-order valence-corrected chi connectivity index (χ0v) is 22.6. The molecule has 0 radical (unpaired) electrons. The topological polar surface area (TPSA) is 60.0 Å². The highest BCUT2D eigenvalue weighted by molar-refractivity contribution is 14.0. The first kappa shape index (κ1) is 26.5. The van der Waals surface area contributed by atoms with Crippen LogP contribution in [0.3, 0.4) is 0 Å². The van der Waals surface area contributed by atoms with Crippen molar-refractivity contribution in [1.29, 1.82) is 0 Å². The van der Waals surface area contributed by atoms with Crippen molar-refractivity contribution < 1.29 is 4.79 Å². The molecule has 7 heteroatoms. The molecular formula is C27H38IN5O. The van der Waals surface area contributed by atoms with Crippen molar-refractivity contribution in [2.45, 2.75) is 58.3 Å². The van der Waals surface area contributed by atoms with E-state index in [0.717, 1.165) is 32.0 Å². The maximum atomic E-state index is 12.0. The van der Waals surface area contributed by atoms with Gasteiger partial charge in [0.2, 0.25) is 5.91 Å². The molecule has 0 unspecified atom stereocenters. The molecule has 0 atom stereocenters. The van der Waals surface area contributed by atoms with E-state index in [9.17, 15) is 4.79 Å². The van der Waals surface area contributed by atoms with Gasteiger partial charge >= 0.3 is 0 Å². The minimum absolute atomic E-state index is 0. The molecule has 0 bridgehead atoms. The number of piperidine rings is 1. The summed E-state index contributed by atoms with van der Waals surface area (Å²) in [6, 6.07) is 17.2. The van der Waals surface area contributed by atoms with Crippen LogP contribution in [-0.4, -0.2) is 48.3 Å². The second-order valence-electron chi connectivity index (χ2n) is 9.12. The summed E-state index contributed by atoms with van der Waals surface area (Å²) >= 11 is 0. The van der Waals surface area contributed by atoms with Gasteiger partial charge in [-0.3, -0.25) is 14.7 Å². The maximum Gasteiger partial charge on any atom is 0.222 e. The van der Waals surface area contributed by atoms with Gasteiger partial charge in [-0.1, -0.05) is 55.0 Å². The summed E-state index contributed by atoms with van der Waals surface area (Å²) in [5.41, 5.74) is 5.02. The van der Waals surface area contributed by atoms with Gasteiger partial charge in [-0.25, -0.2) is 0 Å². The molecule has 0 aliphatic carbocycles. The Morgan fingerprint density at radius 3 is 2.18 bits per heavy atom. The molecule has 2 N–H and O–H groups in total. The van der Waals surface area contributed by atoms with E-state index in [-0.39, 0.29) is 29.9 Å². The van der Waals surface area contributed by atoms with Crippen molar-refractivity contribution in [3.8, 4) is 0 Å². The number of guanidine groups is 1. The predicted octanol–water partition coefficient (Wildman–Crippen LogP) is 4.28. The van der Waals surface area contributed by atoms with Crippen LogP contribution in [0, 0.1) is 0 Å². The number of nitrogens with one attached hydrogen (secondary N) is 2. The van der Waals surface area contributed by atoms with Crippen LogP contribution in [0.4, 0.5) is 0 Å². The lowest BCUT2D eigenvalue weighted by molar-refractivity contribution is -0.128. The lowest BCUT2D eigenvalue weighted by atomic mass is 10.1. The smallest absolute Gasteiger partial charge is 0.222 e. The Labute approximate surface area is 221 Å². The number of halogens is 1. The number of likely N-dealkylation sites (tertiary alicyclic amines) is 2. The number of hydrogen-bond acceptors (Lipinski definition) is 3. The molecule has 2 aromatic rings. The van der Waals surface area contributed by atoms with Crippen LogP contribution in [0.2, 0.25) is 0 Å². The molecular weight excluding hydrogens is 537 g/mol. The fraction of sp³-hybridized carbons (Fsp3) is 0.481. The van der Waals surface area contributed by atoms with Gasteiger partial charge in [-0.05, 0) is 54.6 Å². The molecule has 2 heterocycles. The highest BCUT2D eigenvalue weighted by atomic mass is 127. The van der Waals surface area contributed by atoms with Crippen LogP contribution in [0.15, 0.2) is 53.5 Å².